The molecule has 80 valence electrons. The maximum Gasteiger partial charge on any atom is -0.147 e. The second kappa shape index (κ2) is 4.79. The van der Waals surface area contributed by atoms with Gasteiger partial charge >= 0.3 is 90.1 Å². The fourth-order valence-corrected chi connectivity index (χ4v) is 1.96. The Hall–Kier alpha value is -0.831. The van der Waals surface area contributed by atoms with E-state index in [1.165, 1.54) is 5.56 Å². The molecule has 3 nitrogen and oxygen atoms in total. The van der Waals surface area contributed by atoms with Crippen LogP contribution in [0, 0.1) is 6.92 Å². The predicted octanol–water partition coefficient (Wildman–Crippen LogP) is 0.609. The van der Waals surface area contributed by atoms with Crippen LogP contribution in [0.3, 0.4) is 0 Å². The van der Waals surface area contributed by atoms with Crippen LogP contribution in [0.4, 0.5) is 5.69 Å². The number of anilines is 1. The molecule has 0 bridgehead atoms. The quantitative estimate of drug-likeness (QED) is 0.768. The summed E-state index contributed by atoms with van der Waals surface area (Å²) in [5.41, 5.74) is 2.09. The fraction of sp³-hybridized carbons (Fsp3) is 0.200. The zero-order chi connectivity index (χ0) is 10.1. The van der Waals surface area contributed by atoms with Crippen molar-refractivity contribution in [1.82, 2.24) is 5.32 Å². The van der Waals surface area contributed by atoms with Gasteiger partial charge in [-0.2, -0.15) is 0 Å². The van der Waals surface area contributed by atoms with Crippen molar-refractivity contribution >= 4 is 44.2 Å². The van der Waals surface area contributed by atoms with E-state index in [9.17, 15) is 4.79 Å². The van der Waals surface area contributed by atoms with Crippen molar-refractivity contribution in [2.75, 3.05) is 11.4 Å². The molecule has 0 aliphatic carbocycles. The molecule has 1 fully saturated rings. The molecule has 1 aromatic rings. The molecule has 0 aromatic heterocycles. The SMILES string of the molecule is Cc1ccc(N2C(=O)CNC2=[Se])cc1.Cl. The molecule has 0 radical (unpaired) electrons. The van der Waals surface area contributed by atoms with Crippen molar-refractivity contribution < 1.29 is 4.79 Å². The average Bonchev–Trinajstić information content (AvgIpc) is 2.49. The molecule has 1 aromatic carbocycles. The molecular weight excluding hydrogens is 279 g/mol. The van der Waals surface area contributed by atoms with Crippen LogP contribution in [0.15, 0.2) is 24.3 Å². The normalized spacial score (nSPS) is 14.9. The Labute approximate surface area is 103 Å². The Morgan fingerprint density at radius 1 is 1.33 bits per heavy atom. The van der Waals surface area contributed by atoms with Crippen molar-refractivity contribution in [2.24, 2.45) is 0 Å². The summed E-state index contributed by atoms with van der Waals surface area (Å²) in [5.74, 6) is 0.0719. The summed E-state index contributed by atoms with van der Waals surface area (Å²) in [6.07, 6.45) is 0. The summed E-state index contributed by atoms with van der Waals surface area (Å²) in [6.45, 7) is 2.40. The van der Waals surface area contributed by atoms with E-state index in [1.54, 1.807) is 4.90 Å². The second-order valence-corrected chi connectivity index (χ2v) is 4.03. The number of aryl methyl sites for hydroxylation is 1. The third-order valence-electron chi connectivity index (χ3n) is 2.14. The second-order valence-electron chi connectivity index (χ2n) is 3.22. The molecular formula is C10H11ClN2OSe. The Morgan fingerprint density at radius 3 is 2.40 bits per heavy atom. The first-order valence-electron chi connectivity index (χ1n) is 4.36. The number of halogens is 1. The van der Waals surface area contributed by atoms with Gasteiger partial charge < -0.3 is 0 Å². The number of nitrogens with zero attached hydrogens (tertiary/aromatic N) is 1. The Bertz CT molecular complexity index is 375. The van der Waals surface area contributed by atoms with Crippen LogP contribution in [-0.4, -0.2) is 32.7 Å². The number of rotatable bonds is 1. The van der Waals surface area contributed by atoms with Crippen LogP contribution in [0.25, 0.3) is 0 Å². The molecule has 0 unspecified atom stereocenters. The zero-order valence-electron chi connectivity index (χ0n) is 8.19. The summed E-state index contributed by atoms with van der Waals surface area (Å²) in [5, 5.41) is 2.97. The van der Waals surface area contributed by atoms with Gasteiger partial charge in [-0.05, 0) is 0 Å². The number of carbonyl (C=O) groups excluding carboxylic acids is 1. The van der Waals surface area contributed by atoms with Crippen LogP contribution in [-0.2, 0) is 4.79 Å². The van der Waals surface area contributed by atoms with Crippen molar-refractivity contribution in [3.05, 3.63) is 29.8 Å². The molecule has 1 heterocycles. The summed E-state index contributed by atoms with van der Waals surface area (Å²) in [4.78, 5) is 13.1. The maximum absolute atomic E-state index is 11.5. The van der Waals surface area contributed by atoms with Gasteiger partial charge in [-0.1, -0.05) is 0 Å². The van der Waals surface area contributed by atoms with Crippen molar-refractivity contribution in [3.8, 4) is 0 Å². The third kappa shape index (κ3) is 2.40. The van der Waals surface area contributed by atoms with Crippen LogP contribution < -0.4 is 10.2 Å². The minimum absolute atomic E-state index is 0. The summed E-state index contributed by atoms with van der Waals surface area (Å²) in [6, 6.07) is 7.87. The van der Waals surface area contributed by atoms with Crippen LogP contribution in [0.5, 0.6) is 0 Å². The largest absolute Gasteiger partial charge is 0.147 e. The van der Waals surface area contributed by atoms with Crippen molar-refractivity contribution in [1.29, 1.82) is 0 Å². The Morgan fingerprint density at radius 2 is 1.93 bits per heavy atom. The van der Waals surface area contributed by atoms with Gasteiger partial charge in [0.1, 0.15) is 0 Å². The van der Waals surface area contributed by atoms with Gasteiger partial charge in [-0.15, -0.1) is 12.4 Å². The van der Waals surface area contributed by atoms with Gasteiger partial charge in [0.15, 0.2) is 0 Å². The molecule has 15 heavy (non-hydrogen) atoms. The van der Waals surface area contributed by atoms with E-state index >= 15 is 0 Å². The van der Waals surface area contributed by atoms with Gasteiger partial charge in [0.05, 0.1) is 0 Å². The molecule has 1 amide bonds. The number of nitrogens with one attached hydrogen (secondary N) is 1. The minimum Gasteiger partial charge on any atom is -0.147 e. The minimum atomic E-state index is 0. The van der Waals surface area contributed by atoms with Crippen LogP contribution >= 0.6 is 12.4 Å². The maximum atomic E-state index is 11.5. The number of benzene rings is 1. The first kappa shape index (κ1) is 12.2. The van der Waals surface area contributed by atoms with Gasteiger partial charge in [-0.3, -0.25) is 0 Å². The Kier molecular flexibility index (Phi) is 3.91. The molecule has 1 aliphatic heterocycles. The number of amides is 1. The van der Waals surface area contributed by atoms with E-state index in [-0.39, 0.29) is 18.3 Å². The van der Waals surface area contributed by atoms with Gasteiger partial charge in [0.2, 0.25) is 0 Å². The summed E-state index contributed by atoms with van der Waals surface area (Å²) in [7, 11) is 0. The van der Waals surface area contributed by atoms with Crippen LogP contribution in [0.2, 0.25) is 0 Å². The predicted molar refractivity (Wildman–Crippen MR) is 64.7 cm³/mol. The van der Waals surface area contributed by atoms with Crippen LogP contribution in [0.1, 0.15) is 5.56 Å². The first-order chi connectivity index (χ1) is 6.68. The topological polar surface area (TPSA) is 32.3 Å². The van der Waals surface area contributed by atoms with Gasteiger partial charge in [-0.25, -0.2) is 0 Å². The standard InChI is InChI=1S/C10H10N2OSe.ClH/c1-7-2-4-8(5-3-7)12-9(13)6-11-10(12)14;/h2-5H,6H2,1H3,(H,11,14);1H. The molecule has 0 spiro atoms. The van der Waals surface area contributed by atoms with E-state index in [0.717, 1.165) is 10.4 Å². The zero-order valence-corrected chi connectivity index (χ0v) is 10.7. The number of hydrogen-bond acceptors (Lipinski definition) is 2. The fourth-order valence-electron chi connectivity index (χ4n) is 1.38. The van der Waals surface area contributed by atoms with E-state index in [2.05, 4.69) is 20.9 Å². The first-order valence-corrected chi connectivity index (χ1v) is 5.21. The third-order valence-corrected chi connectivity index (χ3v) is 2.82. The molecule has 1 aliphatic rings. The van der Waals surface area contributed by atoms with Crippen molar-refractivity contribution in [3.63, 3.8) is 0 Å². The smallest absolute Gasteiger partial charge is 0.147 e. The molecule has 2 rings (SSSR count). The van der Waals surface area contributed by atoms with Crippen molar-refractivity contribution in [2.45, 2.75) is 6.92 Å². The molecule has 0 atom stereocenters. The number of carbonyl (C=O) groups is 1. The summed E-state index contributed by atoms with van der Waals surface area (Å²) < 4.78 is 0.777. The van der Waals surface area contributed by atoms with E-state index in [4.69, 9.17) is 0 Å². The van der Waals surface area contributed by atoms with E-state index < -0.39 is 0 Å². The summed E-state index contributed by atoms with van der Waals surface area (Å²) >= 11 is 2.84. The van der Waals surface area contributed by atoms with Gasteiger partial charge in [0.25, 0.3) is 0 Å². The van der Waals surface area contributed by atoms with E-state index in [1.807, 2.05) is 31.2 Å². The molecule has 1 saturated heterocycles. The molecule has 5 heteroatoms. The van der Waals surface area contributed by atoms with Gasteiger partial charge in [0, 0.05) is 0 Å². The molecule has 1 N–H and O–H groups in total. The monoisotopic (exact) mass is 290 g/mol. The average molecular weight is 290 g/mol. The molecule has 0 saturated carbocycles. The van der Waals surface area contributed by atoms with E-state index in [0.29, 0.717) is 6.54 Å². The Balaban J connectivity index is 0.00000112. The number of hydrogen-bond donors (Lipinski definition) is 1.